The molecule has 2 aromatic rings. The van der Waals surface area contributed by atoms with Crippen LogP contribution < -0.4 is 15.6 Å². The predicted molar refractivity (Wildman–Crippen MR) is 116 cm³/mol. The van der Waals surface area contributed by atoms with Crippen molar-refractivity contribution in [1.29, 1.82) is 0 Å². The van der Waals surface area contributed by atoms with Gasteiger partial charge in [0.05, 0.1) is 6.21 Å². The fourth-order valence-electron chi connectivity index (χ4n) is 3.37. The SMILES string of the molecule is CCN1CCCc2cc(/C=N/NC(=S)Nc3ccc(C)cc3C)ccc21. The first-order valence-electron chi connectivity index (χ1n) is 9.12. The monoisotopic (exact) mass is 366 g/mol. The average molecular weight is 367 g/mol. The number of nitrogens with zero attached hydrogens (tertiary/aromatic N) is 2. The van der Waals surface area contributed by atoms with Crippen molar-refractivity contribution in [3.8, 4) is 0 Å². The summed E-state index contributed by atoms with van der Waals surface area (Å²) in [6, 6.07) is 12.8. The molecule has 5 heteroatoms. The van der Waals surface area contributed by atoms with Crippen molar-refractivity contribution >= 4 is 34.9 Å². The Hall–Kier alpha value is -2.40. The molecule has 0 amide bonds. The Morgan fingerprint density at radius 1 is 1.23 bits per heavy atom. The highest BCUT2D eigenvalue weighted by Crippen LogP contribution is 2.27. The van der Waals surface area contributed by atoms with Crippen LogP contribution in [0, 0.1) is 13.8 Å². The van der Waals surface area contributed by atoms with Gasteiger partial charge in [0.1, 0.15) is 0 Å². The van der Waals surface area contributed by atoms with Gasteiger partial charge in [-0.3, -0.25) is 5.43 Å². The molecule has 0 bridgehead atoms. The van der Waals surface area contributed by atoms with Gasteiger partial charge in [-0.15, -0.1) is 0 Å². The molecule has 0 atom stereocenters. The van der Waals surface area contributed by atoms with E-state index in [0.717, 1.165) is 36.3 Å². The number of benzene rings is 2. The van der Waals surface area contributed by atoms with E-state index >= 15 is 0 Å². The maximum Gasteiger partial charge on any atom is 0.191 e. The summed E-state index contributed by atoms with van der Waals surface area (Å²) in [5.41, 5.74) is 10.1. The first kappa shape index (κ1) is 18.4. The number of anilines is 2. The topological polar surface area (TPSA) is 39.7 Å². The molecule has 0 fully saturated rings. The maximum atomic E-state index is 5.33. The summed E-state index contributed by atoms with van der Waals surface area (Å²) in [6.45, 7) is 8.55. The van der Waals surface area contributed by atoms with Crippen LogP contribution in [0.4, 0.5) is 11.4 Å². The molecule has 3 rings (SSSR count). The zero-order valence-electron chi connectivity index (χ0n) is 15.7. The number of hydrogen-bond donors (Lipinski definition) is 2. The van der Waals surface area contributed by atoms with Crippen LogP contribution in [0.5, 0.6) is 0 Å². The molecule has 2 aromatic carbocycles. The van der Waals surface area contributed by atoms with Crippen LogP contribution in [0.2, 0.25) is 0 Å². The molecule has 0 aromatic heterocycles. The van der Waals surface area contributed by atoms with Gasteiger partial charge in [-0.25, -0.2) is 0 Å². The lowest BCUT2D eigenvalue weighted by Gasteiger charge is -2.30. The summed E-state index contributed by atoms with van der Waals surface area (Å²) >= 11 is 5.33. The van der Waals surface area contributed by atoms with E-state index < -0.39 is 0 Å². The van der Waals surface area contributed by atoms with Crippen molar-refractivity contribution in [3.63, 3.8) is 0 Å². The summed E-state index contributed by atoms with van der Waals surface area (Å²) < 4.78 is 0. The number of rotatable bonds is 4. The second kappa shape index (κ2) is 8.32. The van der Waals surface area contributed by atoms with Crippen molar-refractivity contribution < 1.29 is 0 Å². The third-order valence-electron chi connectivity index (χ3n) is 4.71. The maximum absolute atomic E-state index is 5.33. The number of hydrazone groups is 1. The number of thiocarbonyl (C=S) groups is 1. The third-order valence-corrected chi connectivity index (χ3v) is 4.90. The van der Waals surface area contributed by atoms with Crippen LogP contribution in [-0.2, 0) is 6.42 Å². The molecule has 26 heavy (non-hydrogen) atoms. The van der Waals surface area contributed by atoms with Crippen LogP contribution in [0.3, 0.4) is 0 Å². The van der Waals surface area contributed by atoms with E-state index in [1.54, 1.807) is 0 Å². The third kappa shape index (κ3) is 4.41. The molecule has 0 unspecified atom stereocenters. The van der Waals surface area contributed by atoms with E-state index in [0.29, 0.717) is 5.11 Å². The molecule has 0 radical (unpaired) electrons. The molecule has 0 saturated carbocycles. The van der Waals surface area contributed by atoms with E-state index in [2.05, 4.69) is 71.8 Å². The number of aryl methyl sites for hydroxylation is 3. The lowest BCUT2D eigenvalue weighted by molar-refractivity contribution is 0.708. The highest BCUT2D eigenvalue weighted by atomic mass is 32.1. The fraction of sp³-hybridized carbons (Fsp3) is 0.333. The Balaban J connectivity index is 1.61. The van der Waals surface area contributed by atoms with Gasteiger partial charge in [0.15, 0.2) is 5.11 Å². The first-order valence-corrected chi connectivity index (χ1v) is 9.53. The summed E-state index contributed by atoms with van der Waals surface area (Å²) in [5.74, 6) is 0. The minimum atomic E-state index is 0.489. The fourth-order valence-corrected chi connectivity index (χ4v) is 3.54. The van der Waals surface area contributed by atoms with Crippen LogP contribution in [-0.4, -0.2) is 24.4 Å². The summed E-state index contributed by atoms with van der Waals surface area (Å²) in [6.07, 6.45) is 4.17. The van der Waals surface area contributed by atoms with Gasteiger partial charge in [-0.05, 0) is 80.7 Å². The summed E-state index contributed by atoms with van der Waals surface area (Å²) in [5, 5.41) is 7.96. The van der Waals surface area contributed by atoms with Crippen molar-refractivity contribution in [2.75, 3.05) is 23.3 Å². The van der Waals surface area contributed by atoms with Gasteiger partial charge in [-0.2, -0.15) is 5.10 Å². The lowest BCUT2D eigenvalue weighted by atomic mass is 9.99. The Morgan fingerprint density at radius 2 is 2.08 bits per heavy atom. The highest BCUT2D eigenvalue weighted by Gasteiger charge is 2.15. The predicted octanol–water partition coefficient (Wildman–Crippen LogP) is 4.40. The summed E-state index contributed by atoms with van der Waals surface area (Å²) in [4.78, 5) is 2.43. The summed E-state index contributed by atoms with van der Waals surface area (Å²) in [7, 11) is 0. The van der Waals surface area contributed by atoms with Gasteiger partial charge in [-0.1, -0.05) is 23.8 Å². The van der Waals surface area contributed by atoms with Gasteiger partial charge in [0, 0.05) is 24.5 Å². The van der Waals surface area contributed by atoms with E-state index in [1.807, 2.05) is 12.3 Å². The minimum absolute atomic E-state index is 0.489. The largest absolute Gasteiger partial charge is 0.372 e. The van der Waals surface area contributed by atoms with Crippen LogP contribution in [0.15, 0.2) is 41.5 Å². The van der Waals surface area contributed by atoms with E-state index in [-0.39, 0.29) is 0 Å². The van der Waals surface area contributed by atoms with E-state index in [4.69, 9.17) is 12.2 Å². The standard InChI is InChI=1S/C21H26N4S/c1-4-25-11-5-6-18-13-17(8-10-20(18)25)14-22-24-21(26)23-19-9-7-15(2)12-16(19)3/h7-10,12-14H,4-6,11H2,1-3H3,(H2,23,24,26)/b22-14+. The molecule has 0 aliphatic carbocycles. The van der Waals surface area contributed by atoms with Crippen LogP contribution >= 0.6 is 12.2 Å². The van der Waals surface area contributed by atoms with Crippen LogP contribution in [0.25, 0.3) is 0 Å². The molecule has 1 aliphatic heterocycles. The zero-order valence-corrected chi connectivity index (χ0v) is 16.5. The molecule has 0 saturated heterocycles. The van der Waals surface area contributed by atoms with E-state index in [1.165, 1.54) is 23.2 Å². The van der Waals surface area contributed by atoms with Crippen molar-refractivity contribution in [3.05, 3.63) is 58.7 Å². The minimum Gasteiger partial charge on any atom is -0.372 e. The van der Waals surface area contributed by atoms with Gasteiger partial charge in [0.25, 0.3) is 0 Å². The first-order chi connectivity index (χ1) is 12.6. The Labute approximate surface area is 161 Å². The van der Waals surface area contributed by atoms with Gasteiger partial charge in [0.2, 0.25) is 0 Å². The smallest absolute Gasteiger partial charge is 0.191 e. The number of fused-ring (bicyclic) bond motifs is 1. The quantitative estimate of drug-likeness (QED) is 0.478. The molecule has 2 N–H and O–H groups in total. The number of hydrogen-bond acceptors (Lipinski definition) is 3. The zero-order chi connectivity index (χ0) is 18.5. The van der Waals surface area contributed by atoms with Crippen molar-refractivity contribution in [1.82, 2.24) is 5.43 Å². The molecule has 1 heterocycles. The second-order valence-corrected chi connectivity index (χ2v) is 7.12. The van der Waals surface area contributed by atoms with E-state index in [9.17, 15) is 0 Å². The molecule has 4 nitrogen and oxygen atoms in total. The molecular formula is C21H26N4S. The number of nitrogens with one attached hydrogen (secondary N) is 2. The van der Waals surface area contributed by atoms with Crippen molar-refractivity contribution in [2.24, 2.45) is 5.10 Å². The molecule has 1 aliphatic rings. The Bertz CT molecular complexity index is 829. The normalized spacial score (nSPS) is 13.6. The Morgan fingerprint density at radius 3 is 2.85 bits per heavy atom. The molecular weight excluding hydrogens is 340 g/mol. The van der Waals surface area contributed by atoms with Gasteiger partial charge < -0.3 is 10.2 Å². The lowest BCUT2D eigenvalue weighted by Crippen LogP contribution is -2.28. The molecule has 136 valence electrons. The second-order valence-electron chi connectivity index (χ2n) is 6.71. The van der Waals surface area contributed by atoms with Crippen molar-refractivity contribution in [2.45, 2.75) is 33.6 Å². The highest BCUT2D eigenvalue weighted by molar-refractivity contribution is 7.80. The Kier molecular flexibility index (Phi) is 5.89. The van der Waals surface area contributed by atoms with Crippen LogP contribution in [0.1, 0.15) is 35.6 Å². The average Bonchev–Trinajstić information content (AvgIpc) is 2.63. The van der Waals surface area contributed by atoms with Gasteiger partial charge >= 0.3 is 0 Å². The molecule has 0 spiro atoms.